The van der Waals surface area contributed by atoms with Crippen molar-refractivity contribution < 1.29 is 9.47 Å². The Labute approximate surface area is 143 Å². The van der Waals surface area contributed by atoms with Gasteiger partial charge in [-0.05, 0) is 29.8 Å². The number of terminal acetylenes is 1. The summed E-state index contributed by atoms with van der Waals surface area (Å²) in [4.78, 5) is 0. The van der Waals surface area contributed by atoms with Crippen molar-refractivity contribution in [3.8, 4) is 23.8 Å². The quantitative estimate of drug-likeness (QED) is 0.844. The molecule has 1 N–H and O–H groups in total. The van der Waals surface area contributed by atoms with E-state index in [0.29, 0.717) is 12.5 Å². The highest BCUT2D eigenvalue weighted by Gasteiger charge is 2.46. The van der Waals surface area contributed by atoms with E-state index in [4.69, 9.17) is 15.9 Å². The van der Waals surface area contributed by atoms with Gasteiger partial charge in [0.1, 0.15) is 18.1 Å². The van der Waals surface area contributed by atoms with Crippen LogP contribution in [-0.4, -0.2) is 13.2 Å². The maximum Gasteiger partial charge on any atom is 0.148 e. The predicted octanol–water partition coefficient (Wildman–Crippen LogP) is 4.15. The molecular weight excluding hydrogens is 298 g/mol. The van der Waals surface area contributed by atoms with E-state index in [1.165, 1.54) is 11.1 Å². The van der Waals surface area contributed by atoms with Gasteiger partial charge >= 0.3 is 0 Å². The van der Waals surface area contributed by atoms with Crippen LogP contribution in [0.25, 0.3) is 0 Å². The molecule has 2 aliphatic heterocycles. The first-order valence-corrected chi connectivity index (χ1v) is 8.30. The molecular formula is C21H21NO2. The number of hydrogen-bond donors (Lipinski definition) is 1. The molecule has 2 heterocycles. The first-order valence-electron chi connectivity index (χ1n) is 8.30. The van der Waals surface area contributed by atoms with Crippen molar-refractivity contribution in [2.75, 3.05) is 18.5 Å². The number of nitrogens with one attached hydrogen (secondary N) is 1. The Morgan fingerprint density at radius 2 is 2.12 bits per heavy atom. The Morgan fingerprint density at radius 3 is 2.96 bits per heavy atom. The second kappa shape index (κ2) is 5.49. The van der Waals surface area contributed by atoms with Crippen LogP contribution in [0.5, 0.6) is 11.5 Å². The van der Waals surface area contributed by atoms with Gasteiger partial charge in [0.05, 0.1) is 12.6 Å². The first-order chi connectivity index (χ1) is 11.6. The van der Waals surface area contributed by atoms with Crippen molar-refractivity contribution in [1.29, 1.82) is 0 Å². The average molecular weight is 319 g/mol. The number of ether oxygens (including phenoxy) is 2. The third-order valence-electron chi connectivity index (χ3n) is 5.32. The Hall–Kier alpha value is -2.60. The largest absolute Gasteiger partial charge is 0.493 e. The van der Waals surface area contributed by atoms with Gasteiger partial charge in [0.2, 0.25) is 0 Å². The van der Waals surface area contributed by atoms with Gasteiger partial charge in [-0.3, -0.25) is 0 Å². The van der Waals surface area contributed by atoms with Gasteiger partial charge in [-0.1, -0.05) is 38.0 Å². The fraction of sp³-hybridized carbons (Fsp3) is 0.333. The molecule has 3 nitrogen and oxygen atoms in total. The van der Waals surface area contributed by atoms with E-state index in [1.54, 1.807) is 0 Å². The number of fused-ring (bicyclic) bond motifs is 4. The maximum absolute atomic E-state index is 6.04. The Kier molecular flexibility index (Phi) is 3.42. The van der Waals surface area contributed by atoms with E-state index in [2.05, 4.69) is 49.4 Å². The summed E-state index contributed by atoms with van der Waals surface area (Å²) in [6, 6.07) is 14.7. The van der Waals surface area contributed by atoms with Gasteiger partial charge in [0, 0.05) is 22.6 Å². The molecule has 24 heavy (non-hydrogen) atoms. The first kappa shape index (κ1) is 15.0. The fourth-order valence-corrected chi connectivity index (χ4v) is 3.93. The number of rotatable bonds is 2. The van der Waals surface area contributed by atoms with E-state index < -0.39 is 0 Å². The van der Waals surface area contributed by atoms with Crippen molar-refractivity contribution in [2.24, 2.45) is 5.92 Å². The average Bonchev–Trinajstić information content (AvgIpc) is 2.60. The summed E-state index contributed by atoms with van der Waals surface area (Å²) in [7, 11) is 0. The number of hydrogen-bond acceptors (Lipinski definition) is 3. The molecule has 0 aliphatic carbocycles. The normalized spacial score (nSPS) is 22.7. The standard InChI is InChI=1S/C21H21NO2/c1-4-11-23-14-9-10-18-16(12-14)21(2,3)17-13-24-19-8-6-5-7-15(19)20(17)22-18/h1,5-10,12,17,20,22H,11,13H2,2-3H3/t17-,20+/m0/s1. The summed E-state index contributed by atoms with van der Waals surface area (Å²) in [5.74, 6) is 4.67. The molecule has 0 bridgehead atoms. The lowest BCUT2D eigenvalue weighted by molar-refractivity contribution is 0.135. The van der Waals surface area contributed by atoms with Crippen molar-refractivity contribution in [1.82, 2.24) is 0 Å². The topological polar surface area (TPSA) is 30.5 Å². The molecule has 2 aromatic rings. The molecule has 0 amide bonds. The van der Waals surface area contributed by atoms with Gasteiger partial charge in [-0.2, -0.15) is 0 Å². The summed E-state index contributed by atoms with van der Waals surface area (Å²) in [5.41, 5.74) is 3.61. The smallest absolute Gasteiger partial charge is 0.148 e. The van der Waals surface area contributed by atoms with Crippen LogP contribution in [0.15, 0.2) is 42.5 Å². The van der Waals surface area contributed by atoms with Crippen LogP contribution in [0, 0.1) is 18.3 Å². The van der Waals surface area contributed by atoms with E-state index in [0.717, 1.165) is 17.2 Å². The van der Waals surface area contributed by atoms with Crippen LogP contribution in [0.1, 0.15) is 31.0 Å². The van der Waals surface area contributed by atoms with Gasteiger partial charge in [-0.15, -0.1) is 6.42 Å². The minimum absolute atomic E-state index is 0.0334. The summed E-state index contributed by atoms with van der Waals surface area (Å²) in [6.45, 7) is 5.56. The number of benzene rings is 2. The molecule has 2 aliphatic rings. The van der Waals surface area contributed by atoms with E-state index in [9.17, 15) is 0 Å². The van der Waals surface area contributed by atoms with Crippen LogP contribution in [0.4, 0.5) is 5.69 Å². The fourth-order valence-electron chi connectivity index (χ4n) is 3.93. The van der Waals surface area contributed by atoms with Crippen LogP contribution in [0.3, 0.4) is 0 Å². The molecule has 0 saturated heterocycles. The maximum atomic E-state index is 6.04. The number of para-hydroxylation sites is 1. The van der Waals surface area contributed by atoms with Crippen molar-refractivity contribution >= 4 is 5.69 Å². The van der Waals surface area contributed by atoms with Crippen LogP contribution in [-0.2, 0) is 5.41 Å². The summed E-state index contributed by atoms with van der Waals surface area (Å²) in [5, 5.41) is 3.72. The Bertz CT molecular complexity index is 819. The molecule has 0 aromatic heterocycles. The van der Waals surface area contributed by atoms with Gasteiger partial charge < -0.3 is 14.8 Å². The van der Waals surface area contributed by atoms with E-state index in [-0.39, 0.29) is 18.1 Å². The SMILES string of the molecule is C#CCOc1ccc2c(c1)C(C)(C)[C@H]1COc3ccccc3[C@H]1N2. The summed E-state index contributed by atoms with van der Waals surface area (Å²) < 4.78 is 11.7. The highest BCUT2D eigenvalue weighted by Crippen LogP contribution is 2.52. The van der Waals surface area contributed by atoms with Crippen LogP contribution < -0.4 is 14.8 Å². The molecule has 0 unspecified atom stereocenters. The third-order valence-corrected chi connectivity index (χ3v) is 5.32. The molecule has 0 fully saturated rings. The zero-order valence-corrected chi connectivity index (χ0v) is 14.0. The summed E-state index contributed by atoms with van der Waals surface area (Å²) in [6.07, 6.45) is 5.30. The Balaban J connectivity index is 1.77. The lowest BCUT2D eigenvalue weighted by Crippen LogP contribution is -2.46. The number of anilines is 1. The van der Waals surface area contributed by atoms with E-state index in [1.807, 2.05) is 18.2 Å². The van der Waals surface area contributed by atoms with Gasteiger partial charge in [0.15, 0.2) is 0 Å². The molecule has 4 rings (SSSR count). The molecule has 0 spiro atoms. The lowest BCUT2D eigenvalue weighted by Gasteiger charge is -2.48. The van der Waals surface area contributed by atoms with Gasteiger partial charge in [0.25, 0.3) is 0 Å². The third kappa shape index (κ3) is 2.22. The minimum Gasteiger partial charge on any atom is -0.493 e. The molecule has 122 valence electrons. The van der Waals surface area contributed by atoms with Crippen LogP contribution >= 0.6 is 0 Å². The summed E-state index contributed by atoms with van der Waals surface area (Å²) >= 11 is 0. The Morgan fingerprint density at radius 1 is 1.29 bits per heavy atom. The molecule has 0 radical (unpaired) electrons. The second-order valence-electron chi connectivity index (χ2n) is 7.00. The van der Waals surface area contributed by atoms with E-state index >= 15 is 0 Å². The lowest BCUT2D eigenvalue weighted by atomic mass is 9.65. The monoisotopic (exact) mass is 319 g/mol. The van der Waals surface area contributed by atoms with Crippen molar-refractivity contribution in [2.45, 2.75) is 25.3 Å². The highest BCUT2D eigenvalue weighted by molar-refractivity contribution is 5.62. The minimum atomic E-state index is -0.0334. The highest BCUT2D eigenvalue weighted by atomic mass is 16.5. The molecule has 2 aromatic carbocycles. The second-order valence-corrected chi connectivity index (χ2v) is 7.00. The van der Waals surface area contributed by atoms with Gasteiger partial charge in [-0.25, -0.2) is 0 Å². The zero-order chi connectivity index (χ0) is 16.7. The van der Waals surface area contributed by atoms with Crippen molar-refractivity contribution in [3.05, 3.63) is 53.6 Å². The molecule has 0 saturated carbocycles. The predicted molar refractivity (Wildman–Crippen MR) is 95.6 cm³/mol. The van der Waals surface area contributed by atoms with Crippen molar-refractivity contribution in [3.63, 3.8) is 0 Å². The molecule has 3 heteroatoms. The zero-order valence-electron chi connectivity index (χ0n) is 14.0. The van der Waals surface area contributed by atoms with Crippen LogP contribution in [0.2, 0.25) is 0 Å². The molecule has 2 atom stereocenters.